The van der Waals surface area contributed by atoms with Gasteiger partial charge in [0, 0.05) is 10.9 Å². The van der Waals surface area contributed by atoms with Crippen LogP contribution in [0.15, 0.2) is 30.3 Å². The van der Waals surface area contributed by atoms with Crippen LogP contribution in [-0.4, -0.2) is 4.92 Å². The van der Waals surface area contributed by atoms with Crippen LogP contribution in [0.2, 0.25) is 0 Å². The van der Waals surface area contributed by atoms with E-state index < -0.39 is 10.7 Å². The van der Waals surface area contributed by atoms with Gasteiger partial charge in [-0.15, -0.1) is 0 Å². The van der Waals surface area contributed by atoms with Gasteiger partial charge in [-0.2, -0.15) is 0 Å². The third-order valence-electron chi connectivity index (χ3n) is 3.06. The van der Waals surface area contributed by atoms with Crippen LogP contribution in [0, 0.1) is 29.8 Å². The number of rotatable bonds is 4. The second kappa shape index (κ2) is 6.22. The lowest BCUT2D eigenvalue weighted by atomic mass is 10.1. The topological polar surface area (TPSA) is 52.4 Å². The molecule has 0 saturated carbocycles. The molecule has 0 aliphatic heterocycles. The number of hydrogen-bond donors (Lipinski definition) is 0. The van der Waals surface area contributed by atoms with Crippen molar-refractivity contribution in [2.24, 2.45) is 0 Å². The number of aryl methyl sites for hydroxylation is 2. The van der Waals surface area contributed by atoms with Crippen LogP contribution in [0.25, 0.3) is 0 Å². The number of nitrogens with zero attached hydrogens (tertiary/aromatic N) is 1. The Morgan fingerprint density at radius 1 is 1.19 bits per heavy atom. The minimum atomic E-state index is -0.505. The van der Waals surface area contributed by atoms with Gasteiger partial charge in [-0.1, -0.05) is 22.0 Å². The molecule has 21 heavy (non-hydrogen) atoms. The second-order valence-corrected chi connectivity index (χ2v) is 5.22. The number of benzene rings is 2. The third-order valence-corrected chi connectivity index (χ3v) is 3.71. The SMILES string of the molecule is Cc1cc(C)c([N+](=O)[O-])cc1Oc1ccc(CBr)cc1F. The summed E-state index contributed by atoms with van der Waals surface area (Å²) >= 11 is 3.25. The van der Waals surface area contributed by atoms with Crippen molar-refractivity contribution < 1.29 is 14.1 Å². The summed E-state index contributed by atoms with van der Waals surface area (Å²) in [6.07, 6.45) is 0. The van der Waals surface area contributed by atoms with E-state index >= 15 is 0 Å². The van der Waals surface area contributed by atoms with Crippen molar-refractivity contribution in [1.29, 1.82) is 0 Å². The first kappa shape index (κ1) is 15.4. The minimum Gasteiger partial charge on any atom is -0.454 e. The maximum absolute atomic E-state index is 13.9. The lowest BCUT2D eigenvalue weighted by Gasteiger charge is -2.11. The van der Waals surface area contributed by atoms with E-state index in [2.05, 4.69) is 15.9 Å². The number of alkyl halides is 1. The lowest BCUT2D eigenvalue weighted by molar-refractivity contribution is -0.385. The van der Waals surface area contributed by atoms with Gasteiger partial charge in [-0.25, -0.2) is 4.39 Å². The van der Waals surface area contributed by atoms with Gasteiger partial charge in [-0.05, 0) is 43.2 Å². The molecular formula is C15H13BrFNO3. The molecule has 0 heterocycles. The minimum absolute atomic E-state index is 0.0425. The van der Waals surface area contributed by atoms with E-state index in [1.54, 1.807) is 26.0 Å². The lowest BCUT2D eigenvalue weighted by Crippen LogP contribution is -1.96. The van der Waals surface area contributed by atoms with Gasteiger partial charge in [0.2, 0.25) is 0 Å². The summed E-state index contributed by atoms with van der Waals surface area (Å²) < 4.78 is 19.4. The van der Waals surface area contributed by atoms with Crippen LogP contribution in [0.4, 0.5) is 10.1 Å². The Hall–Kier alpha value is -1.95. The molecule has 0 unspecified atom stereocenters. The summed E-state index contributed by atoms with van der Waals surface area (Å²) in [6, 6.07) is 7.57. The fourth-order valence-electron chi connectivity index (χ4n) is 1.96. The maximum Gasteiger partial charge on any atom is 0.276 e. The summed E-state index contributed by atoms with van der Waals surface area (Å²) in [6.45, 7) is 3.41. The molecule has 0 N–H and O–H groups in total. The summed E-state index contributed by atoms with van der Waals surface area (Å²) in [7, 11) is 0. The quantitative estimate of drug-likeness (QED) is 0.439. The van der Waals surface area contributed by atoms with Gasteiger partial charge < -0.3 is 4.74 Å². The predicted octanol–water partition coefficient (Wildman–Crippen LogP) is 5.04. The number of ether oxygens (including phenoxy) is 1. The van der Waals surface area contributed by atoms with Gasteiger partial charge >= 0.3 is 0 Å². The molecule has 0 fully saturated rings. The molecular weight excluding hydrogens is 341 g/mol. The van der Waals surface area contributed by atoms with Crippen molar-refractivity contribution in [2.45, 2.75) is 19.2 Å². The van der Waals surface area contributed by atoms with Gasteiger partial charge in [-0.3, -0.25) is 10.1 Å². The standard InChI is InChI=1S/C15H13BrFNO3/c1-9-5-10(2)15(7-13(9)18(19)20)21-14-4-3-11(8-16)6-12(14)17/h3-7H,8H2,1-2H3. The molecule has 2 aromatic carbocycles. The van der Waals surface area contributed by atoms with Crippen molar-refractivity contribution in [3.63, 3.8) is 0 Å². The van der Waals surface area contributed by atoms with Gasteiger partial charge in [0.05, 0.1) is 11.0 Å². The summed E-state index contributed by atoms with van der Waals surface area (Å²) in [5.74, 6) is -0.187. The number of halogens is 2. The largest absolute Gasteiger partial charge is 0.454 e. The van der Waals surface area contributed by atoms with E-state index in [4.69, 9.17) is 4.74 Å². The third kappa shape index (κ3) is 3.39. The van der Waals surface area contributed by atoms with Crippen LogP contribution >= 0.6 is 15.9 Å². The molecule has 2 aromatic rings. The maximum atomic E-state index is 13.9. The highest BCUT2D eigenvalue weighted by atomic mass is 79.9. The molecule has 0 aliphatic rings. The van der Waals surface area contributed by atoms with Crippen LogP contribution in [0.5, 0.6) is 11.5 Å². The number of nitro groups is 1. The van der Waals surface area contributed by atoms with Crippen LogP contribution in [-0.2, 0) is 5.33 Å². The van der Waals surface area contributed by atoms with E-state index in [1.807, 2.05) is 0 Å². The Kier molecular flexibility index (Phi) is 4.57. The van der Waals surface area contributed by atoms with E-state index in [0.29, 0.717) is 16.5 Å². The molecule has 0 amide bonds. The Balaban J connectivity index is 2.39. The highest BCUT2D eigenvalue weighted by molar-refractivity contribution is 9.08. The molecule has 0 radical (unpaired) electrons. The molecule has 6 heteroatoms. The fraction of sp³-hybridized carbons (Fsp3) is 0.200. The van der Waals surface area contributed by atoms with E-state index in [9.17, 15) is 14.5 Å². The molecule has 0 atom stereocenters. The monoisotopic (exact) mass is 353 g/mol. The zero-order valence-corrected chi connectivity index (χ0v) is 13.1. The molecule has 4 nitrogen and oxygen atoms in total. The Bertz CT molecular complexity index is 704. The highest BCUT2D eigenvalue weighted by Crippen LogP contribution is 2.33. The van der Waals surface area contributed by atoms with E-state index in [0.717, 1.165) is 5.56 Å². The Morgan fingerprint density at radius 2 is 1.90 bits per heavy atom. The Morgan fingerprint density at radius 3 is 2.48 bits per heavy atom. The first-order valence-electron chi connectivity index (χ1n) is 6.20. The molecule has 2 rings (SSSR count). The van der Waals surface area contributed by atoms with E-state index in [-0.39, 0.29) is 17.2 Å². The molecule has 0 bridgehead atoms. The molecule has 110 valence electrons. The molecule has 0 aromatic heterocycles. The van der Waals surface area contributed by atoms with Crippen LogP contribution < -0.4 is 4.74 Å². The highest BCUT2D eigenvalue weighted by Gasteiger charge is 2.16. The van der Waals surface area contributed by atoms with Crippen LogP contribution in [0.3, 0.4) is 0 Å². The van der Waals surface area contributed by atoms with E-state index in [1.165, 1.54) is 18.2 Å². The summed E-state index contributed by atoms with van der Waals surface area (Å²) in [5, 5.41) is 11.5. The second-order valence-electron chi connectivity index (χ2n) is 4.66. The molecule has 0 saturated heterocycles. The average molecular weight is 354 g/mol. The zero-order valence-electron chi connectivity index (χ0n) is 11.5. The normalized spacial score (nSPS) is 10.5. The van der Waals surface area contributed by atoms with Crippen molar-refractivity contribution in [3.05, 3.63) is 63.0 Å². The molecule has 0 spiro atoms. The van der Waals surface area contributed by atoms with Gasteiger partial charge in [0.1, 0.15) is 5.75 Å². The van der Waals surface area contributed by atoms with Crippen LogP contribution in [0.1, 0.15) is 16.7 Å². The summed E-state index contributed by atoms with van der Waals surface area (Å²) in [4.78, 5) is 10.5. The van der Waals surface area contributed by atoms with Gasteiger partial charge in [0.25, 0.3) is 5.69 Å². The predicted molar refractivity (Wildman–Crippen MR) is 81.7 cm³/mol. The zero-order chi connectivity index (χ0) is 15.6. The Labute approximate surface area is 129 Å². The summed E-state index contributed by atoms with van der Waals surface area (Å²) in [5.41, 5.74) is 1.99. The number of nitro benzene ring substituents is 1. The average Bonchev–Trinajstić information content (AvgIpc) is 2.43. The van der Waals surface area contributed by atoms with Crippen molar-refractivity contribution in [1.82, 2.24) is 0 Å². The van der Waals surface area contributed by atoms with Crippen molar-refractivity contribution >= 4 is 21.6 Å². The van der Waals surface area contributed by atoms with Crippen molar-refractivity contribution in [3.8, 4) is 11.5 Å². The number of hydrogen-bond acceptors (Lipinski definition) is 3. The first-order valence-corrected chi connectivity index (χ1v) is 7.32. The van der Waals surface area contributed by atoms with Crippen molar-refractivity contribution in [2.75, 3.05) is 0 Å². The fourth-order valence-corrected chi connectivity index (χ4v) is 2.31. The first-order chi connectivity index (χ1) is 9.92. The smallest absolute Gasteiger partial charge is 0.276 e. The molecule has 0 aliphatic carbocycles. The van der Waals surface area contributed by atoms with Gasteiger partial charge in [0.15, 0.2) is 11.6 Å².